The highest BCUT2D eigenvalue weighted by molar-refractivity contribution is 6.79. The van der Waals surface area contributed by atoms with Crippen molar-refractivity contribution in [1.82, 2.24) is 0 Å². The van der Waals surface area contributed by atoms with Gasteiger partial charge in [0.15, 0.2) is 0 Å². The van der Waals surface area contributed by atoms with Crippen LogP contribution in [-0.4, -0.2) is 13.9 Å². The van der Waals surface area contributed by atoms with E-state index in [1.807, 2.05) is 0 Å². The van der Waals surface area contributed by atoms with Crippen LogP contribution in [0.1, 0.15) is 47.0 Å². The molecular weight excluding hydrogens is 188 g/mol. The second kappa shape index (κ2) is 7.21. The van der Waals surface area contributed by atoms with E-state index in [1.165, 1.54) is 30.6 Å². The molecule has 0 rings (SSSR count). The standard InChI is InChI=1S/C12H26OSi/c1-5-14(6-2,7-3)11-9-8-10-12(4)13/h5-11H2,1-4H3. The molecule has 0 atom stereocenters. The molecule has 1 nitrogen and oxygen atoms in total. The number of rotatable bonds is 8. The minimum Gasteiger partial charge on any atom is -0.300 e. The van der Waals surface area contributed by atoms with Crippen LogP contribution in [0.15, 0.2) is 0 Å². The molecule has 0 aromatic carbocycles. The van der Waals surface area contributed by atoms with Crippen molar-refractivity contribution in [3.8, 4) is 0 Å². The molecule has 2 heteroatoms. The molecule has 0 aromatic heterocycles. The second-order valence-corrected chi connectivity index (χ2v) is 10.1. The lowest BCUT2D eigenvalue weighted by Crippen LogP contribution is -2.30. The fourth-order valence-corrected chi connectivity index (χ4v) is 5.71. The van der Waals surface area contributed by atoms with E-state index in [-0.39, 0.29) is 0 Å². The Morgan fingerprint density at radius 1 is 1.00 bits per heavy atom. The molecule has 14 heavy (non-hydrogen) atoms. The molecule has 0 N–H and O–H groups in total. The SMILES string of the molecule is CC[Si](CC)(CC)CCCCC(C)=O. The van der Waals surface area contributed by atoms with Crippen molar-refractivity contribution in [2.45, 2.75) is 71.1 Å². The van der Waals surface area contributed by atoms with Gasteiger partial charge in [0.05, 0.1) is 8.07 Å². The normalized spacial score (nSPS) is 11.7. The zero-order valence-electron chi connectivity index (χ0n) is 10.4. The van der Waals surface area contributed by atoms with Crippen LogP contribution in [0.25, 0.3) is 0 Å². The van der Waals surface area contributed by atoms with Gasteiger partial charge in [-0.1, -0.05) is 51.4 Å². The quantitative estimate of drug-likeness (QED) is 0.436. The van der Waals surface area contributed by atoms with Gasteiger partial charge in [0, 0.05) is 6.42 Å². The van der Waals surface area contributed by atoms with Gasteiger partial charge >= 0.3 is 0 Å². The highest BCUT2D eigenvalue weighted by Gasteiger charge is 2.25. The molecule has 0 saturated heterocycles. The molecule has 0 unspecified atom stereocenters. The summed E-state index contributed by atoms with van der Waals surface area (Å²) in [6, 6.07) is 5.68. The van der Waals surface area contributed by atoms with E-state index in [0.717, 1.165) is 12.8 Å². The molecule has 0 bridgehead atoms. The molecule has 0 radical (unpaired) electrons. The third-order valence-electron chi connectivity index (χ3n) is 3.74. The van der Waals surface area contributed by atoms with Gasteiger partial charge in [0.1, 0.15) is 5.78 Å². The maximum absolute atomic E-state index is 10.8. The highest BCUT2D eigenvalue weighted by Crippen LogP contribution is 2.27. The number of hydrogen-bond acceptors (Lipinski definition) is 1. The van der Waals surface area contributed by atoms with Crippen LogP contribution in [0.3, 0.4) is 0 Å². The fraction of sp³-hybridized carbons (Fsp3) is 0.917. The largest absolute Gasteiger partial charge is 0.300 e. The van der Waals surface area contributed by atoms with E-state index < -0.39 is 8.07 Å². The maximum Gasteiger partial charge on any atom is 0.129 e. The molecule has 0 aliphatic heterocycles. The van der Waals surface area contributed by atoms with Crippen LogP contribution in [-0.2, 0) is 4.79 Å². The smallest absolute Gasteiger partial charge is 0.129 e. The number of ketones is 1. The van der Waals surface area contributed by atoms with Crippen LogP contribution >= 0.6 is 0 Å². The minimum absolute atomic E-state index is 0.349. The Labute approximate surface area is 90.3 Å². The predicted octanol–water partition coefficient (Wildman–Crippen LogP) is 4.25. The Hall–Kier alpha value is -0.113. The number of Topliss-reactive ketones (excluding diaryl/α,β-unsaturated/α-hetero) is 1. The number of unbranched alkanes of at least 4 members (excludes halogenated alkanes) is 1. The first kappa shape index (κ1) is 13.9. The van der Waals surface area contributed by atoms with E-state index in [9.17, 15) is 4.79 Å². The zero-order chi connectivity index (χ0) is 11.0. The van der Waals surface area contributed by atoms with E-state index in [2.05, 4.69) is 20.8 Å². The molecule has 0 saturated carbocycles. The summed E-state index contributed by atoms with van der Waals surface area (Å²) in [6.45, 7) is 8.75. The zero-order valence-corrected chi connectivity index (χ0v) is 11.4. The highest BCUT2D eigenvalue weighted by atomic mass is 28.3. The monoisotopic (exact) mass is 214 g/mol. The van der Waals surface area contributed by atoms with E-state index in [4.69, 9.17) is 0 Å². The fourth-order valence-electron chi connectivity index (χ4n) is 2.15. The van der Waals surface area contributed by atoms with Gasteiger partial charge < -0.3 is 4.79 Å². The van der Waals surface area contributed by atoms with Crippen LogP contribution in [0.2, 0.25) is 24.2 Å². The molecule has 0 aliphatic rings. The van der Waals surface area contributed by atoms with Crippen molar-refractivity contribution >= 4 is 13.9 Å². The summed E-state index contributed by atoms with van der Waals surface area (Å²) in [6.07, 6.45) is 3.19. The molecule has 0 spiro atoms. The maximum atomic E-state index is 10.8. The molecule has 0 heterocycles. The summed E-state index contributed by atoms with van der Waals surface area (Å²) in [7, 11) is -0.901. The average Bonchev–Trinajstić information content (AvgIpc) is 2.19. The summed E-state index contributed by atoms with van der Waals surface area (Å²) >= 11 is 0. The lowest BCUT2D eigenvalue weighted by molar-refractivity contribution is -0.117. The van der Waals surface area contributed by atoms with Crippen molar-refractivity contribution in [3.05, 3.63) is 0 Å². The van der Waals surface area contributed by atoms with Crippen molar-refractivity contribution in [1.29, 1.82) is 0 Å². The van der Waals surface area contributed by atoms with Gasteiger partial charge in [-0.25, -0.2) is 0 Å². The Kier molecular flexibility index (Phi) is 7.16. The van der Waals surface area contributed by atoms with Gasteiger partial charge in [0.2, 0.25) is 0 Å². The number of carbonyl (C=O) groups excluding carboxylic acids is 1. The Morgan fingerprint density at radius 3 is 1.86 bits per heavy atom. The molecule has 0 aliphatic carbocycles. The molecule has 0 fully saturated rings. The number of carbonyl (C=O) groups is 1. The molecule has 84 valence electrons. The first-order chi connectivity index (χ1) is 6.60. The van der Waals surface area contributed by atoms with Gasteiger partial charge in [-0.3, -0.25) is 0 Å². The van der Waals surface area contributed by atoms with E-state index >= 15 is 0 Å². The summed E-state index contributed by atoms with van der Waals surface area (Å²) in [5.74, 6) is 0.349. The third kappa shape index (κ3) is 4.94. The second-order valence-electron chi connectivity index (χ2n) is 4.47. The van der Waals surface area contributed by atoms with Crippen molar-refractivity contribution in [2.24, 2.45) is 0 Å². The van der Waals surface area contributed by atoms with Crippen molar-refractivity contribution < 1.29 is 4.79 Å². The number of hydrogen-bond donors (Lipinski definition) is 0. The Morgan fingerprint density at radius 2 is 1.50 bits per heavy atom. The van der Waals surface area contributed by atoms with Gasteiger partial charge in [-0.05, 0) is 13.3 Å². The first-order valence-corrected chi connectivity index (χ1v) is 8.92. The van der Waals surface area contributed by atoms with Crippen LogP contribution < -0.4 is 0 Å². The topological polar surface area (TPSA) is 17.1 Å². The van der Waals surface area contributed by atoms with Crippen molar-refractivity contribution in [2.75, 3.05) is 0 Å². The van der Waals surface area contributed by atoms with Crippen LogP contribution in [0, 0.1) is 0 Å². The molecular formula is C12H26OSi. The third-order valence-corrected chi connectivity index (χ3v) is 9.65. The molecule has 0 amide bonds. The summed E-state index contributed by atoms with van der Waals surface area (Å²) in [5, 5.41) is 0. The van der Waals surface area contributed by atoms with Crippen LogP contribution in [0.4, 0.5) is 0 Å². The molecule has 0 aromatic rings. The van der Waals surface area contributed by atoms with Gasteiger partial charge in [-0.2, -0.15) is 0 Å². The summed E-state index contributed by atoms with van der Waals surface area (Å²) < 4.78 is 0. The summed E-state index contributed by atoms with van der Waals surface area (Å²) in [4.78, 5) is 10.8. The van der Waals surface area contributed by atoms with Crippen LogP contribution in [0.5, 0.6) is 0 Å². The predicted molar refractivity (Wildman–Crippen MR) is 66.5 cm³/mol. The Bertz CT molecular complexity index is 153. The lowest BCUT2D eigenvalue weighted by Gasteiger charge is -2.27. The van der Waals surface area contributed by atoms with E-state index in [1.54, 1.807) is 6.92 Å². The first-order valence-electron chi connectivity index (χ1n) is 6.09. The average molecular weight is 214 g/mol. The lowest BCUT2D eigenvalue weighted by atomic mass is 10.2. The Balaban J connectivity index is 3.77. The minimum atomic E-state index is -0.901. The van der Waals surface area contributed by atoms with Gasteiger partial charge in [0.25, 0.3) is 0 Å². The van der Waals surface area contributed by atoms with Crippen molar-refractivity contribution in [3.63, 3.8) is 0 Å². The van der Waals surface area contributed by atoms with E-state index in [0.29, 0.717) is 5.78 Å². The summed E-state index contributed by atoms with van der Waals surface area (Å²) in [5.41, 5.74) is 0. The van der Waals surface area contributed by atoms with Gasteiger partial charge in [-0.15, -0.1) is 0 Å².